The van der Waals surface area contributed by atoms with E-state index in [-0.39, 0.29) is 36.9 Å². The molecule has 0 atom stereocenters. The Morgan fingerprint density at radius 1 is 1.04 bits per heavy atom. The second-order valence-corrected chi connectivity index (χ2v) is 7.81. The van der Waals surface area contributed by atoms with Crippen LogP contribution in [-0.2, 0) is 9.59 Å². The van der Waals surface area contributed by atoms with Crippen molar-refractivity contribution in [2.45, 2.75) is 44.6 Å². The zero-order valence-electron chi connectivity index (χ0n) is 16.6. The average molecular weight is 386 g/mol. The van der Waals surface area contributed by atoms with Gasteiger partial charge in [0.1, 0.15) is 0 Å². The van der Waals surface area contributed by atoms with Crippen molar-refractivity contribution in [3.05, 3.63) is 29.8 Å². The topological polar surface area (TPSA) is 81.8 Å². The van der Waals surface area contributed by atoms with Crippen molar-refractivity contribution < 1.29 is 14.4 Å². The molecule has 1 saturated heterocycles. The van der Waals surface area contributed by atoms with Crippen molar-refractivity contribution in [1.82, 2.24) is 15.1 Å². The molecule has 1 aromatic rings. The zero-order valence-corrected chi connectivity index (χ0v) is 16.6. The average Bonchev–Trinajstić information content (AvgIpc) is 3.35. The summed E-state index contributed by atoms with van der Waals surface area (Å²) in [4.78, 5) is 40.8. The Kier molecular flexibility index (Phi) is 7.03. The number of hydrogen-bond acceptors (Lipinski definition) is 4. The predicted molar refractivity (Wildman–Crippen MR) is 108 cm³/mol. The molecule has 1 saturated carbocycles. The summed E-state index contributed by atoms with van der Waals surface area (Å²) in [6.45, 7) is 1.93. The Labute approximate surface area is 166 Å². The van der Waals surface area contributed by atoms with E-state index < -0.39 is 0 Å². The van der Waals surface area contributed by atoms with Crippen LogP contribution in [0.15, 0.2) is 24.3 Å². The lowest BCUT2D eigenvalue weighted by Gasteiger charge is -2.21. The lowest BCUT2D eigenvalue weighted by Crippen LogP contribution is -2.40. The van der Waals surface area contributed by atoms with Crippen molar-refractivity contribution >= 4 is 23.4 Å². The van der Waals surface area contributed by atoms with E-state index in [0.717, 1.165) is 51.6 Å². The summed E-state index contributed by atoms with van der Waals surface area (Å²) >= 11 is 0. The van der Waals surface area contributed by atoms with Crippen LogP contribution in [-0.4, -0.2) is 66.8 Å². The van der Waals surface area contributed by atoms with Gasteiger partial charge in [-0.25, -0.2) is 0 Å². The molecule has 0 radical (unpaired) electrons. The molecule has 0 aromatic heterocycles. The number of amides is 3. The molecule has 0 unspecified atom stereocenters. The molecular formula is C21H30N4O3. The summed E-state index contributed by atoms with van der Waals surface area (Å²) in [7, 11) is 1.76. The first kappa shape index (κ1) is 20.3. The van der Waals surface area contributed by atoms with E-state index in [0.29, 0.717) is 11.3 Å². The van der Waals surface area contributed by atoms with E-state index in [4.69, 9.17) is 0 Å². The molecular weight excluding hydrogens is 356 g/mol. The van der Waals surface area contributed by atoms with E-state index in [2.05, 4.69) is 10.6 Å². The van der Waals surface area contributed by atoms with Gasteiger partial charge in [-0.2, -0.15) is 0 Å². The molecule has 7 nitrogen and oxygen atoms in total. The Hall–Kier alpha value is -2.41. The van der Waals surface area contributed by atoms with Crippen molar-refractivity contribution in [2.24, 2.45) is 0 Å². The highest BCUT2D eigenvalue weighted by Crippen LogP contribution is 2.20. The number of para-hydroxylation sites is 1. The fraction of sp³-hybridized carbons (Fsp3) is 0.571. The van der Waals surface area contributed by atoms with Crippen LogP contribution in [0.3, 0.4) is 0 Å². The Balaban J connectivity index is 1.53. The normalized spacial score (nSPS) is 17.1. The highest BCUT2D eigenvalue weighted by molar-refractivity contribution is 6.04. The molecule has 1 aliphatic heterocycles. The lowest BCUT2D eigenvalue weighted by atomic mass is 10.1. The monoisotopic (exact) mass is 386 g/mol. The molecule has 3 rings (SSSR count). The molecule has 3 amide bonds. The number of nitrogens with one attached hydrogen (secondary N) is 2. The highest BCUT2D eigenvalue weighted by Gasteiger charge is 2.22. The van der Waals surface area contributed by atoms with Gasteiger partial charge in [0, 0.05) is 19.1 Å². The fourth-order valence-corrected chi connectivity index (χ4v) is 3.91. The number of anilines is 1. The highest BCUT2D eigenvalue weighted by atomic mass is 16.2. The second-order valence-electron chi connectivity index (χ2n) is 7.81. The van der Waals surface area contributed by atoms with Crippen molar-refractivity contribution in [1.29, 1.82) is 0 Å². The van der Waals surface area contributed by atoms with Gasteiger partial charge >= 0.3 is 0 Å². The van der Waals surface area contributed by atoms with Crippen LogP contribution in [0.1, 0.15) is 48.9 Å². The summed E-state index contributed by atoms with van der Waals surface area (Å²) in [5, 5.41) is 5.88. The number of rotatable bonds is 7. The maximum absolute atomic E-state index is 12.6. The zero-order chi connectivity index (χ0) is 19.9. The largest absolute Gasteiger partial charge is 0.349 e. The van der Waals surface area contributed by atoms with Crippen molar-refractivity contribution in [3.8, 4) is 0 Å². The lowest BCUT2D eigenvalue weighted by molar-refractivity contribution is -0.131. The number of nitrogens with zero attached hydrogens (tertiary/aromatic N) is 2. The summed E-state index contributed by atoms with van der Waals surface area (Å²) in [5.41, 5.74) is 0.973. The number of likely N-dealkylation sites (N-methyl/N-ethyl adjacent to an activating group) is 1. The molecule has 7 heteroatoms. The number of carbonyl (C=O) groups is 3. The third kappa shape index (κ3) is 5.55. The van der Waals surface area contributed by atoms with Crippen LogP contribution in [0.2, 0.25) is 0 Å². The smallest absolute Gasteiger partial charge is 0.253 e. The van der Waals surface area contributed by atoms with Crippen molar-refractivity contribution in [3.63, 3.8) is 0 Å². The van der Waals surface area contributed by atoms with Gasteiger partial charge in [0.2, 0.25) is 11.8 Å². The quantitative estimate of drug-likeness (QED) is 0.749. The van der Waals surface area contributed by atoms with Crippen LogP contribution in [0.25, 0.3) is 0 Å². The summed E-state index contributed by atoms with van der Waals surface area (Å²) < 4.78 is 0. The first-order valence-electron chi connectivity index (χ1n) is 10.2. The van der Waals surface area contributed by atoms with Gasteiger partial charge in [0.15, 0.2) is 0 Å². The van der Waals surface area contributed by atoms with Gasteiger partial charge in [-0.1, -0.05) is 25.0 Å². The molecule has 1 aromatic carbocycles. The molecule has 28 heavy (non-hydrogen) atoms. The SMILES string of the molecule is CN(CC(=O)Nc1ccccc1C(=O)NC1CCCC1)CC(=O)N1CCCC1. The van der Waals surface area contributed by atoms with Gasteiger partial charge in [-0.05, 0) is 44.9 Å². The Morgan fingerprint density at radius 3 is 2.43 bits per heavy atom. The molecule has 152 valence electrons. The summed E-state index contributed by atoms with van der Waals surface area (Å²) in [6, 6.07) is 7.26. The van der Waals surface area contributed by atoms with Gasteiger partial charge in [0.25, 0.3) is 5.91 Å². The maximum Gasteiger partial charge on any atom is 0.253 e. The fourth-order valence-electron chi connectivity index (χ4n) is 3.91. The van der Waals surface area contributed by atoms with E-state index >= 15 is 0 Å². The van der Waals surface area contributed by atoms with Crippen LogP contribution in [0.4, 0.5) is 5.69 Å². The molecule has 0 spiro atoms. The van der Waals surface area contributed by atoms with Crippen molar-refractivity contribution in [2.75, 3.05) is 38.5 Å². The van der Waals surface area contributed by atoms with Gasteiger partial charge < -0.3 is 15.5 Å². The number of carbonyl (C=O) groups excluding carboxylic acids is 3. The van der Waals surface area contributed by atoms with Crippen LogP contribution < -0.4 is 10.6 Å². The van der Waals surface area contributed by atoms with E-state index in [9.17, 15) is 14.4 Å². The molecule has 1 heterocycles. The Morgan fingerprint density at radius 2 is 1.71 bits per heavy atom. The van der Waals surface area contributed by atoms with Crippen LogP contribution in [0.5, 0.6) is 0 Å². The second kappa shape index (κ2) is 9.68. The third-order valence-electron chi connectivity index (χ3n) is 5.41. The predicted octanol–water partition coefficient (Wildman–Crippen LogP) is 1.85. The Bertz CT molecular complexity index is 709. The maximum atomic E-state index is 12.6. The molecule has 2 fully saturated rings. The summed E-state index contributed by atoms with van der Waals surface area (Å²) in [6.07, 6.45) is 6.41. The third-order valence-corrected chi connectivity index (χ3v) is 5.41. The van der Waals surface area contributed by atoms with Crippen LogP contribution in [0, 0.1) is 0 Å². The van der Waals surface area contributed by atoms with Gasteiger partial charge in [0.05, 0.1) is 24.3 Å². The van der Waals surface area contributed by atoms with E-state index in [1.807, 2.05) is 4.90 Å². The minimum Gasteiger partial charge on any atom is -0.349 e. The standard InChI is InChI=1S/C21H30N4O3/c1-24(15-20(27)25-12-6-7-13-25)14-19(26)23-18-11-5-4-10-17(18)21(28)22-16-8-2-3-9-16/h4-5,10-11,16H,2-3,6-9,12-15H2,1H3,(H,22,28)(H,23,26). The van der Waals surface area contributed by atoms with E-state index in [1.54, 1.807) is 36.2 Å². The number of likely N-dealkylation sites (tertiary alicyclic amines) is 1. The number of hydrogen-bond donors (Lipinski definition) is 2. The molecule has 0 bridgehead atoms. The molecule has 2 aliphatic rings. The minimum absolute atomic E-state index is 0.0594. The molecule has 1 aliphatic carbocycles. The van der Waals surface area contributed by atoms with E-state index in [1.165, 1.54) is 0 Å². The van der Waals surface area contributed by atoms with Crippen LogP contribution >= 0.6 is 0 Å². The van der Waals surface area contributed by atoms with Gasteiger partial charge in [-0.3, -0.25) is 19.3 Å². The summed E-state index contributed by atoms with van der Waals surface area (Å²) in [5.74, 6) is -0.331. The van der Waals surface area contributed by atoms with Gasteiger partial charge in [-0.15, -0.1) is 0 Å². The first-order chi connectivity index (χ1) is 13.5. The molecule has 2 N–H and O–H groups in total. The first-order valence-corrected chi connectivity index (χ1v) is 10.2. The number of benzene rings is 1. The minimum atomic E-state index is -0.238.